The highest BCUT2D eigenvalue weighted by atomic mass is 127. The van der Waals surface area contributed by atoms with Gasteiger partial charge in [0.15, 0.2) is 11.8 Å². The van der Waals surface area contributed by atoms with Gasteiger partial charge < -0.3 is 20.7 Å². The van der Waals surface area contributed by atoms with Crippen molar-refractivity contribution in [3.8, 4) is 11.4 Å². The second kappa shape index (κ2) is 12.2. The summed E-state index contributed by atoms with van der Waals surface area (Å²) < 4.78 is 5.20. The Morgan fingerprint density at radius 2 is 1.97 bits per heavy atom. The molecule has 1 aromatic heterocycles. The molecule has 0 fully saturated rings. The van der Waals surface area contributed by atoms with Gasteiger partial charge in [0, 0.05) is 25.2 Å². The Labute approximate surface area is 188 Å². The van der Waals surface area contributed by atoms with Gasteiger partial charge in [0.1, 0.15) is 11.9 Å². The topological polar surface area (TPSA) is 116 Å². The first-order valence-corrected chi connectivity index (χ1v) is 9.31. The lowest BCUT2D eigenvalue weighted by Gasteiger charge is -2.19. The van der Waals surface area contributed by atoms with E-state index in [-0.39, 0.29) is 24.0 Å². The van der Waals surface area contributed by atoms with Crippen molar-refractivity contribution in [1.29, 1.82) is 0 Å². The molecule has 1 heterocycles. The number of alkyl carbamates (subject to hydrolysis) is 1. The lowest BCUT2D eigenvalue weighted by Crippen LogP contribution is -2.42. The average Bonchev–Trinajstić information content (AvgIpc) is 3.16. The highest BCUT2D eigenvalue weighted by molar-refractivity contribution is 14.0. The summed E-state index contributed by atoms with van der Waals surface area (Å²) in [5.41, 5.74) is 1.51. The molecule has 0 unspecified atom stereocenters. The molecular formula is C19H30IN7O2. The van der Waals surface area contributed by atoms with Crippen molar-refractivity contribution in [2.45, 2.75) is 39.8 Å². The maximum Gasteiger partial charge on any atom is 0.407 e. The maximum atomic E-state index is 11.7. The number of halogens is 1. The van der Waals surface area contributed by atoms with Gasteiger partial charge in [0.05, 0.1) is 6.54 Å². The number of H-pyrrole nitrogens is 1. The van der Waals surface area contributed by atoms with Crippen molar-refractivity contribution in [3.63, 3.8) is 0 Å². The first kappa shape index (κ1) is 24.7. The smallest absolute Gasteiger partial charge is 0.407 e. The number of ether oxygens (including phenoxy) is 1. The van der Waals surface area contributed by atoms with E-state index in [0.717, 1.165) is 23.5 Å². The van der Waals surface area contributed by atoms with Gasteiger partial charge in [0.2, 0.25) is 0 Å². The minimum absolute atomic E-state index is 0. The van der Waals surface area contributed by atoms with Gasteiger partial charge >= 0.3 is 6.09 Å². The number of amides is 1. The lowest BCUT2D eigenvalue weighted by molar-refractivity contribution is 0.0529. The number of guanidine groups is 1. The molecule has 4 N–H and O–H groups in total. The van der Waals surface area contributed by atoms with Crippen LogP contribution in [0.1, 0.15) is 33.3 Å². The zero-order valence-electron chi connectivity index (χ0n) is 17.3. The number of aliphatic imine (C=N–C) groups is 1. The SMILES string of the molecule is CCNC(=NCc1cccc(-c2ncn[nH]2)c1)NCCNC(=O)OC(C)(C)C.I. The van der Waals surface area contributed by atoms with Crippen molar-refractivity contribution >= 4 is 36.0 Å². The van der Waals surface area contributed by atoms with E-state index in [9.17, 15) is 4.79 Å². The second-order valence-electron chi connectivity index (χ2n) is 7.09. The van der Waals surface area contributed by atoms with Gasteiger partial charge in [-0.15, -0.1) is 24.0 Å². The number of benzene rings is 1. The Balaban J connectivity index is 0.00000420. The normalized spacial score (nSPS) is 11.4. The molecule has 29 heavy (non-hydrogen) atoms. The highest BCUT2D eigenvalue weighted by Gasteiger charge is 2.15. The van der Waals surface area contributed by atoms with Gasteiger partial charge in [-0.25, -0.2) is 14.8 Å². The zero-order valence-corrected chi connectivity index (χ0v) is 19.6. The van der Waals surface area contributed by atoms with E-state index >= 15 is 0 Å². The Hall–Kier alpha value is -2.37. The fourth-order valence-corrected chi connectivity index (χ4v) is 2.33. The largest absolute Gasteiger partial charge is 0.444 e. The predicted octanol–water partition coefficient (Wildman–Crippen LogP) is 2.67. The fourth-order valence-electron chi connectivity index (χ4n) is 2.33. The molecule has 160 valence electrons. The standard InChI is InChI=1S/C19H29N7O2.HI/c1-5-20-17(21-9-10-22-18(27)28-19(2,3)4)23-12-14-7-6-8-15(11-14)16-24-13-25-26-16;/h6-8,11,13H,5,9-10,12H2,1-4H3,(H,22,27)(H2,20,21,23)(H,24,25,26);1H. The number of hydrogen-bond donors (Lipinski definition) is 4. The van der Waals surface area contributed by atoms with Crippen LogP contribution in [-0.4, -0.2) is 52.5 Å². The lowest BCUT2D eigenvalue weighted by atomic mass is 10.1. The number of nitrogens with one attached hydrogen (secondary N) is 4. The van der Waals surface area contributed by atoms with E-state index in [1.54, 1.807) is 0 Å². The molecular weight excluding hydrogens is 485 g/mol. The molecule has 9 nitrogen and oxygen atoms in total. The number of hydrogen-bond acceptors (Lipinski definition) is 5. The van der Waals surface area contributed by atoms with Crippen LogP contribution in [0, 0.1) is 0 Å². The van der Waals surface area contributed by atoms with Crippen LogP contribution >= 0.6 is 24.0 Å². The zero-order chi connectivity index (χ0) is 20.4. The Morgan fingerprint density at radius 3 is 2.62 bits per heavy atom. The van der Waals surface area contributed by atoms with E-state index < -0.39 is 11.7 Å². The molecule has 0 aliphatic heterocycles. The summed E-state index contributed by atoms with van der Waals surface area (Å²) in [6, 6.07) is 7.97. The third kappa shape index (κ3) is 9.59. The summed E-state index contributed by atoms with van der Waals surface area (Å²) >= 11 is 0. The molecule has 0 saturated carbocycles. The number of rotatable bonds is 7. The van der Waals surface area contributed by atoms with Crippen LogP contribution in [-0.2, 0) is 11.3 Å². The second-order valence-corrected chi connectivity index (χ2v) is 7.09. The molecule has 0 bridgehead atoms. The molecule has 0 saturated heterocycles. The van der Waals surface area contributed by atoms with Crippen molar-refractivity contribution in [1.82, 2.24) is 31.1 Å². The van der Waals surface area contributed by atoms with Crippen molar-refractivity contribution < 1.29 is 9.53 Å². The maximum absolute atomic E-state index is 11.7. The van der Waals surface area contributed by atoms with Crippen LogP contribution in [0.25, 0.3) is 11.4 Å². The summed E-state index contributed by atoms with van der Waals surface area (Å²) in [6.07, 6.45) is 1.05. The van der Waals surface area contributed by atoms with Crippen LogP contribution in [0.3, 0.4) is 0 Å². The Morgan fingerprint density at radius 1 is 1.21 bits per heavy atom. The average molecular weight is 515 g/mol. The minimum atomic E-state index is -0.506. The number of aromatic amines is 1. The third-order valence-electron chi connectivity index (χ3n) is 3.47. The number of aromatic nitrogens is 3. The summed E-state index contributed by atoms with van der Waals surface area (Å²) in [7, 11) is 0. The van der Waals surface area contributed by atoms with E-state index in [0.29, 0.717) is 25.6 Å². The molecule has 0 atom stereocenters. The molecule has 0 radical (unpaired) electrons. The van der Waals surface area contributed by atoms with Crippen LogP contribution < -0.4 is 16.0 Å². The third-order valence-corrected chi connectivity index (χ3v) is 3.47. The van der Waals surface area contributed by atoms with Crippen LogP contribution in [0.15, 0.2) is 35.6 Å². The highest BCUT2D eigenvalue weighted by Crippen LogP contribution is 2.15. The number of nitrogens with zero attached hydrogens (tertiary/aromatic N) is 3. The van der Waals surface area contributed by atoms with Crippen LogP contribution in [0.2, 0.25) is 0 Å². The summed E-state index contributed by atoms with van der Waals surface area (Å²) in [6.45, 7) is 9.71. The molecule has 0 aliphatic rings. The van der Waals surface area contributed by atoms with Gasteiger partial charge in [-0.05, 0) is 39.3 Å². The van der Waals surface area contributed by atoms with E-state index in [1.165, 1.54) is 6.33 Å². The van der Waals surface area contributed by atoms with Crippen molar-refractivity contribution in [3.05, 3.63) is 36.2 Å². The van der Waals surface area contributed by atoms with Crippen molar-refractivity contribution in [2.75, 3.05) is 19.6 Å². The molecule has 2 rings (SSSR count). The summed E-state index contributed by atoms with van der Waals surface area (Å²) in [4.78, 5) is 20.4. The quantitative estimate of drug-likeness (QED) is 0.195. The predicted molar refractivity (Wildman–Crippen MR) is 124 cm³/mol. The molecule has 0 spiro atoms. The monoisotopic (exact) mass is 515 g/mol. The van der Waals surface area contributed by atoms with E-state index in [2.05, 4.69) is 36.1 Å². The molecule has 0 aliphatic carbocycles. The fraction of sp³-hybridized carbons (Fsp3) is 0.474. The first-order valence-electron chi connectivity index (χ1n) is 9.31. The van der Waals surface area contributed by atoms with Gasteiger partial charge in [-0.3, -0.25) is 5.10 Å². The summed E-state index contributed by atoms with van der Waals surface area (Å²) in [5, 5.41) is 15.8. The van der Waals surface area contributed by atoms with Gasteiger partial charge in [-0.2, -0.15) is 5.10 Å². The Bertz CT molecular complexity index is 773. The van der Waals surface area contributed by atoms with Crippen LogP contribution in [0.4, 0.5) is 4.79 Å². The molecule has 10 heteroatoms. The molecule has 1 amide bonds. The van der Waals surface area contributed by atoms with E-state index in [4.69, 9.17) is 4.74 Å². The minimum Gasteiger partial charge on any atom is -0.444 e. The molecule has 2 aromatic rings. The van der Waals surface area contributed by atoms with E-state index in [1.807, 2.05) is 52.0 Å². The van der Waals surface area contributed by atoms with Gasteiger partial charge in [0.25, 0.3) is 0 Å². The number of carbonyl (C=O) groups is 1. The first-order chi connectivity index (χ1) is 13.4. The van der Waals surface area contributed by atoms with Crippen LogP contribution in [0.5, 0.6) is 0 Å². The Kier molecular flexibility index (Phi) is 10.4. The molecule has 1 aromatic carbocycles. The van der Waals surface area contributed by atoms with Gasteiger partial charge in [-0.1, -0.05) is 18.2 Å². The summed E-state index contributed by atoms with van der Waals surface area (Å²) in [5.74, 6) is 1.41. The number of carbonyl (C=O) groups excluding carboxylic acids is 1. The van der Waals surface area contributed by atoms with Crippen molar-refractivity contribution in [2.24, 2.45) is 4.99 Å².